The van der Waals surface area contributed by atoms with Crippen LogP contribution in [0.5, 0.6) is 0 Å². The summed E-state index contributed by atoms with van der Waals surface area (Å²) in [6.07, 6.45) is 2.26. The number of carbonyl (C=O) groups is 1. The molecular weight excluding hydrogens is 292 g/mol. The Hall–Kier alpha value is -0.973. The third-order valence-electron chi connectivity index (χ3n) is 4.40. The Morgan fingerprint density at radius 3 is 2.27 bits per heavy atom. The molecule has 0 fully saturated rings. The highest BCUT2D eigenvalue weighted by atomic mass is 28.4. The fourth-order valence-corrected chi connectivity index (χ4v) is 5.59. The fourth-order valence-electron chi connectivity index (χ4n) is 2.66. The van der Waals surface area contributed by atoms with Crippen molar-refractivity contribution in [3.63, 3.8) is 0 Å². The van der Waals surface area contributed by atoms with Crippen molar-refractivity contribution in [1.29, 1.82) is 0 Å². The number of aldehydes is 1. The maximum atomic E-state index is 10.9. The van der Waals surface area contributed by atoms with Gasteiger partial charge < -0.3 is 14.0 Å². The first kappa shape index (κ1) is 19.1. The lowest BCUT2D eigenvalue weighted by atomic mass is 10.2. The summed E-state index contributed by atoms with van der Waals surface area (Å²) in [6, 6.07) is 13.5. The quantitative estimate of drug-likeness (QED) is 0.321. The minimum absolute atomic E-state index is 0.0137. The molecule has 0 saturated heterocycles. The van der Waals surface area contributed by atoms with Crippen molar-refractivity contribution < 1.29 is 14.0 Å². The predicted molar refractivity (Wildman–Crippen MR) is 93.5 cm³/mol. The molecule has 0 amide bonds. The first-order chi connectivity index (χ1) is 10.7. The molecule has 124 valence electrons. The zero-order valence-electron chi connectivity index (χ0n) is 14.2. The molecule has 22 heavy (non-hydrogen) atoms. The van der Waals surface area contributed by atoms with Crippen LogP contribution in [0.1, 0.15) is 39.2 Å². The summed E-state index contributed by atoms with van der Waals surface area (Å²) in [5.74, 6) is 0. The minimum atomic E-state index is -1.66. The molecule has 4 heteroatoms. The third kappa shape index (κ3) is 6.42. The van der Waals surface area contributed by atoms with Crippen LogP contribution in [-0.4, -0.2) is 27.3 Å². The van der Waals surface area contributed by atoms with E-state index in [9.17, 15) is 4.79 Å². The van der Waals surface area contributed by atoms with Crippen LogP contribution >= 0.6 is 0 Å². The maximum Gasteiger partial charge on any atom is 0.192 e. The monoisotopic (exact) mass is 322 g/mol. The van der Waals surface area contributed by atoms with Gasteiger partial charge in [0.05, 0.1) is 12.7 Å². The van der Waals surface area contributed by atoms with Gasteiger partial charge in [-0.3, -0.25) is 0 Å². The number of hydrogen-bond acceptors (Lipinski definition) is 3. The second-order valence-electron chi connectivity index (χ2n) is 5.71. The van der Waals surface area contributed by atoms with Gasteiger partial charge in [0.15, 0.2) is 8.32 Å². The summed E-state index contributed by atoms with van der Waals surface area (Å²) < 4.78 is 12.1. The van der Waals surface area contributed by atoms with Gasteiger partial charge in [-0.1, -0.05) is 51.1 Å². The number of carbonyl (C=O) groups excluding carboxylic acids is 1. The lowest BCUT2D eigenvalue weighted by Crippen LogP contribution is -2.40. The Labute approximate surface area is 136 Å². The zero-order valence-corrected chi connectivity index (χ0v) is 15.2. The van der Waals surface area contributed by atoms with Gasteiger partial charge in [0.25, 0.3) is 0 Å². The Morgan fingerprint density at radius 2 is 1.73 bits per heavy atom. The molecule has 0 N–H and O–H groups in total. The van der Waals surface area contributed by atoms with E-state index in [1.165, 1.54) is 5.56 Å². The molecule has 3 nitrogen and oxygen atoms in total. The van der Waals surface area contributed by atoms with Crippen molar-refractivity contribution in [3.8, 4) is 0 Å². The highest BCUT2D eigenvalue weighted by Crippen LogP contribution is 2.25. The average molecular weight is 323 g/mol. The third-order valence-corrected chi connectivity index (χ3v) is 9.10. The summed E-state index contributed by atoms with van der Waals surface area (Å²) in [6.45, 7) is 7.89. The van der Waals surface area contributed by atoms with Gasteiger partial charge >= 0.3 is 0 Å². The van der Waals surface area contributed by atoms with Crippen LogP contribution in [-0.2, 0) is 20.6 Å². The Morgan fingerprint density at radius 1 is 1.09 bits per heavy atom. The van der Waals surface area contributed by atoms with Crippen molar-refractivity contribution in [3.05, 3.63) is 35.9 Å². The van der Waals surface area contributed by atoms with E-state index >= 15 is 0 Å². The fraction of sp³-hybridized carbons (Fsp3) is 0.611. The molecule has 0 radical (unpaired) electrons. The largest absolute Gasteiger partial charge is 0.413 e. The number of ether oxygens (including phenoxy) is 1. The van der Waals surface area contributed by atoms with Crippen LogP contribution in [0.25, 0.3) is 0 Å². The summed E-state index contributed by atoms with van der Waals surface area (Å²) in [7, 11) is -1.66. The lowest BCUT2D eigenvalue weighted by molar-refractivity contribution is -0.109. The molecule has 0 spiro atoms. The van der Waals surface area contributed by atoms with Gasteiger partial charge in [-0.15, -0.1) is 0 Å². The van der Waals surface area contributed by atoms with E-state index in [0.29, 0.717) is 19.6 Å². The number of rotatable bonds is 12. The molecule has 1 rings (SSSR count). The van der Waals surface area contributed by atoms with Crippen LogP contribution in [0.3, 0.4) is 0 Å². The van der Waals surface area contributed by atoms with Crippen LogP contribution in [0.15, 0.2) is 30.3 Å². The van der Waals surface area contributed by atoms with Crippen LogP contribution in [0.2, 0.25) is 18.1 Å². The summed E-state index contributed by atoms with van der Waals surface area (Å²) >= 11 is 0. The highest BCUT2D eigenvalue weighted by molar-refractivity contribution is 6.73. The first-order valence-corrected chi connectivity index (χ1v) is 11.0. The van der Waals surface area contributed by atoms with Crippen molar-refractivity contribution in [2.45, 2.75) is 64.5 Å². The SMILES string of the molecule is CC[Si](CC)(CC)O[C@H](CC=O)CCOCc1ccccc1. The van der Waals surface area contributed by atoms with Crippen molar-refractivity contribution in [2.75, 3.05) is 6.61 Å². The van der Waals surface area contributed by atoms with Gasteiger partial charge in [-0.2, -0.15) is 0 Å². The van der Waals surface area contributed by atoms with E-state index in [4.69, 9.17) is 9.16 Å². The van der Waals surface area contributed by atoms with E-state index < -0.39 is 8.32 Å². The standard InChI is InChI=1S/C18H30O3Si/c1-4-22(5-2,6-3)21-18(12-14-19)13-15-20-16-17-10-8-7-9-11-17/h7-11,14,18H,4-6,12-13,15-16H2,1-3H3/t18-/m1/s1. The van der Waals surface area contributed by atoms with E-state index in [1.807, 2.05) is 18.2 Å². The molecule has 1 aromatic rings. The van der Waals surface area contributed by atoms with Crippen LogP contribution in [0, 0.1) is 0 Å². The van der Waals surface area contributed by atoms with E-state index in [1.54, 1.807) is 0 Å². The molecule has 1 aromatic carbocycles. The second kappa shape index (κ2) is 10.7. The normalized spacial score (nSPS) is 13.0. The Bertz CT molecular complexity index is 396. The number of hydrogen-bond donors (Lipinski definition) is 0. The van der Waals surface area contributed by atoms with E-state index in [2.05, 4.69) is 32.9 Å². The molecule has 0 heterocycles. The summed E-state index contributed by atoms with van der Waals surface area (Å²) in [5, 5.41) is 0. The molecule has 0 unspecified atom stereocenters. The molecular formula is C18H30O3Si. The van der Waals surface area contributed by atoms with Crippen molar-refractivity contribution in [1.82, 2.24) is 0 Å². The first-order valence-electron chi connectivity index (χ1n) is 8.42. The van der Waals surface area contributed by atoms with Crippen LogP contribution < -0.4 is 0 Å². The van der Waals surface area contributed by atoms with Gasteiger partial charge in [0, 0.05) is 13.0 Å². The summed E-state index contributed by atoms with van der Waals surface area (Å²) in [4.78, 5) is 10.9. The molecule has 0 aliphatic heterocycles. The maximum absolute atomic E-state index is 10.9. The predicted octanol–water partition coefficient (Wildman–Crippen LogP) is 4.57. The average Bonchev–Trinajstić information content (AvgIpc) is 2.57. The van der Waals surface area contributed by atoms with Gasteiger partial charge in [-0.25, -0.2) is 0 Å². The van der Waals surface area contributed by atoms with E-state index in [0.717, 1.165) is 30.8 Å². The molecule has 0 aliphatic carbocycles. The molecule has 0 aromatic heterocycles. The molecule has 1 atom stereocenters. The molecule has 0 bridgehead atoms. The van der Waals surface area contributed by atoms with E-state index in [-0.39, 0.29) is 6.10 Å². The van der Waals surface area contributed by atoms with Gasteiger partial charge in [0.1, 0.15) is 6.29 Å². The van der Waals surface area contributed by atoms with Crippen molar-refractivity contribution in [2.24, 2.45) is 0 Å². The summed E-state index contributed by atoms with van der Waals surface area (Å²) in [5.41, 5.74) is 1.18. The second-order valence-corrected chi connectivity index (χ2v) is 10.4. The Balaban J connectivity index is 2.41. The van der Waals surface area contributed by atoms with Gasteiger partial charge in [-0.05, 0) is 30.1 Å². The van der Waals surface area contributed by atoms with Crippen LogP contribution in [0.4, 0.5) is 0 Å². The molecule has 0 saturated carbocycles. The lowest BCUT2D eigenvalue weighted by Gasteiger charge is -2.32. The molecule has 0 aliphatic rings. The Kier molecular flexibility index (Phi) is 9.28. The van der Waals surface area contributed by atoms with Crippen molar-refractivity contribution >= 4 is 14.6 Å². The number of benzene rings is 1. The minimum Gasteiger partial charge on any atom is -0.413 e. The topological polar surface area (TPSA) is 35.5 Å². The zero-order chi connectivity index (χ0) is 16.3. The smallest absolute Gasteiger partial charge is 0.192 e. The highest BCUT2D eigenvalue weighted by Gasteiger charge is 2.31. The van der Waals surface area contributed by atoms with Gasteiger partial charge in [0.2, 0.25) is 0 Å².